The van der Waals surface area contributed by atoms with Crippen LogP contribution in [0.3, 0.4) is 0 Å². The topological polar surface area (TPSA) is 55.4 Å². The first-order valence-corrected chi connectivity index (χ1v) is 28.4. The van der Waals surface area contributed by atoms with Crippen molar-refractivity contribution in [1.82, 2.24) is 0 Å². The van der Waals surface area contributed by atoms with E-state index in [1.54, 1.807) is 0 Å². The molecular weight excluding hydrogens is 966 g/mol. The van der Waals surface area contributed by atoms with Crippen LogP contribution in [0, 0.1) is 27.7 Å². The van der Waals surface area contributed by atoms with Gasteiger partial charge in [0.15, 0.2) is 0 Å². The van der Waals surface area contributed by atoms with Crippen LogP contribution in [-0.4, -0.2) is 31.4 Å². The number of fused-ring (bicyclic) bond motifs is 2. The Morgan fingerprint density at radius 1 is 0.294 bits per heavy atom. The molecule has 8 aromatic carbocycles. The second-order valence-corrected chi connectivity index (χ2v) is 23.3. The third kappa shape index (κ3) is 11.0. The van der Waals surface area contributed by atoms with Crippen LogP contribution in [0.15, 0.2) is 146 Å². The fourth-order valence-corrected chi connectivity index (χ4v) is 13.0. The minimum absolute atomic E-state index is 0.216. The zero-order valence-corrected chi connectivity index (χ0v) is 45.3. The van der Waals surface area contributed by atoms with E-state index in [1.807, 2.05) is 0 Å². The second-order valence-electron chi connectivity index (χ2n) is 19.1. The van der Waals surface area contributed by atoms with Crippen molar-refractivity contribution in [3.05, 3.63) is 190 Å². The molecule has 0 fully saturated rings. The Labute approximate surface area is 415 Å². The molecule has 0 radical (unpaired) electrons. The average molecular weight is 1030 g/mol. The van der Waals surface area contributed by atoms with Crippen molar-refractivity contribution in [1.29, 1.82) is 0 Å². The van der Waals surface area contributed by atoms with Crippen molar-refractivity contribution in [2.45, 2.75) is 107 Å². The maximum absolute atomic E-state index is 7.37. The Bertz CT molecular complexity index is 2740. The van der Waals surface area contributed by atoms with E-state index in [4.69, 9.17) is 22.4 Å². The molecule has 0 aliphatic heterocycles. The summed E-state index contributed by atoms with van der Waals surface area (Å²) in [5.41, 5.74) is 10.5. The zero-order chi connectivity index (χ0) is 48.2. The molecule has 6 nitrogen and oxygen atoms in total. The summed E-state index contributed by atoms with van der Waals surface area (Å²) in [4.78, 5) is 0. The quantitative estimate of drug-likeness (QED) is 0.0847. The van der Waals surface area contributed by atoms with Crippen LogP contribution in [-0.2, 0) is 0 Å². The molecule has 0 saturated heterocycles. The molecule has 8 rings (SSSR count). The third-order valence-electron chi connectivity index (χ3n) is 12.2. The number of hydrogen-bond donors (Lipinski definition) is 0. The van der Waals surface area contributed by atoms with Crippen LogP contribution >= 0.6 is 0 Å². The number of rotatable bonds is 17. The van der Waals surface area contributed by atoms with Crippen LogP contribution < -0.4 is 22.4 Å². The molecule has 350 valence electrons. The van der Waals surface area contributed by atoms with Crippen LogP contribution in [0.4, 0.5) is 0 Å². The van der Waals surface area contributed by atoms with E-state index in [0.29, 0.717) is 11.5 Å². The Kier molecular flexibility index (Phi) is 15.2. The maximum atomic E-state index is 7.37. The SMILES string of the molecule is Cc1ccc(C(C)C)c(O[As](Oc2cc(C)ccc2C(C)C)Oc2ccc3ccccc3c2-c2c(O[As](Oc3cc(C)ccc3C(C)C)Oc3cc(C)ccc3C(C)C)ccc3ccccc23)c1. The van der Waals surface area contributed by atoms with E-state index in [0.717, 1.165) is 100 Å². The predicted molar refractivity (Wildman–Crippen MR) is 283 cm³/mol. The van der Waals surface area contributed by atoms with Crippen LogP contribution in [0.1, 0.15) is 124 Å². The molecule has 0 spiro atoms. The van der Waals surface area contributed by atoms with Crippen molar-refractivity contribution in [2.24, 2.45) is 0 Å². The Morgan fingerprint density at radius 3 is 0.838 bits per heavy atom. The molecule has 0 heterocycles. The molecule has 68 heavy (non-hydrogen) atoms. The summed E-state index contributed by atoms with van der Waals surface area (Å²) in [6.07, 6.45) is 0. The van der Waals surface area contributed by atoms with E-state index in [1.165, 1.54) is 0 Å². The van der Waals surface area contributed by atoms with Gasteiger partial charge < -0.3 is 0 Å². The molecule has 0 saturated carbocycles. The first kappa shape index (κ1) is 48.6. The van der Waals surface area contributed by atoms with Gasteiger partial charge in [-0.2, -0.15) is 0 Å². The summed E-state index contributed by atoms with van der Waals surface area (Å²) in [6.45, 7) is 25.9. The Hall–Kier alpha value is -5.80. The van der Waals surface area contributed by atoms with Gasteiger partial charge in [0.05, 0.1) is 0 Å². The molecule has 8 aromatic rings. The standard InChI is InChI=1S/C60H64As2O6/c1-37(2)47-27-21-41(9)33-55(47)65-61(66-56-34-42(10)22-28-48(56)38(3)4)63-53-31-25-45-17-13-15-19-51(45)59(53)60-52-20-16-14-18-46(52)26-32-54(60)64-62(67-57-35-43(11)23-29-49(57)39(5)6)68-58-36-44(12)24-30-50(58)40(7)8/h13-40H,1-12H3. The van der Waals surface area contributed by atoms with Crippen LogP contribution in [0.2, 0.25) is 0 Å². The van der Waals surface area contributed by atoms with Crippen molar-refractivity contribution < 1.29 is 22.4 Å². The number of benzene rings is 8. The minimum atomic E-state index is -3.25. The molecule has 0 bridgehead atoms. The fourth-order valence-electron chi connectivity index (χ4n) is 8.56. The van der Waals surface area contributed by atoms with Crippen molar-refractivity contribution in [3.63, 3.8) is 0 Å². The summed E-state index contributed by atoms with van der Waals surface area (Å²) >= 11 is -6.49. The molecule has 0 atom stereocenters. The van der Waals surface area contributed by atoms with Gasteiger partial charge in [0.1, 0.15) is 0 Å². The summed E-state index contributed by atoms with van der Waals surface area (Å²) in [6, 6.07) is 50.8. The van der Waals surface area contributed by atoms with Gasteiger partial charge in [-0.05, 0) is 0 Å². The summed E-state index contributed by atoms with van der Waals surface area (Å²) in [7, 11) is 0. The van der Waals surface area contributed by atoms with E-state index in [-0.39, 0.29) is 23.7 Å². The molecule has 0 N–H and O–H groups in total. The summed E-state index contributed by atoms with van der Waals surface area (Å²) in [5.74, 6) is 5.20. The number of aryl methyl sites for hydroxylation is 4. The van der Waals surface area contributed by atoms with E-state index in [2.05, 4.69) is 229 Å². The van der Waals surface area contributed by atoms with Gasteiger partial charge in [0, 0.05) is 0 Å². The third-order valence-corrected chi connectivity index (χ3v) is 16.6. The fraction of sp³-hybridized carbons (Fsp3) is 0.267. The van der Waals surface area contributed by atoms with Gasteiger partial charge in [-0.15, -0.1) is 0 Å². The molecule has 0 aliphatic rings. The molecule has 0 aliphatic carbocycles. The Morgan fingerprint density at radius 2 is 0.559 bits per heavy atom. The zero-order valence-electron chi connectivity index (χ0n) is 41.5. The second kappa shape index (κ2) is 21.2. The van der Waals surface area contributed by atoms with E-state index >= 15 is 0 Å². The van der Waals surface area contributed by atoms with Crippen molar-refractivity contribution in [2.75, 3.05) is 0 Å². The molecular formula is C60H64As2O6. The predicted octanol–water partition coefficient (Wildman–Crippen LogP) is 16.4. The first-order chi connectivity index (χ1) is 32.6. The first-order valence-electron chi connectivity index (χ1n) is 23.8. The van der Waals surface area contributed by atoms with Gasteiger partial charge >= 0.3 is 418 Å². The normalized spacial score (nSPS) is 11.7. The van der Waals surface area contributed by atoms with Crippen LogP contribution in [0.5, 0.6) is 34.5 Å². The van der Waals surface area contributed by atoms with Gasteiger partial charge in [0.2, 0.25) is 0 Å². The van der Waals surface area contributed by atoms with Gasteiger partial charge in [-0.3, -0.25) is 0 Å². The van der Waals surface area contributed by atoms with Gasteiger partial charge in [-0.1, -0.05) is 0 Å². The molecule has 8 heteroatoms. The summed E-state index contributed by atoms with van der Waals surface area (Å²) < 4.78 is 43.2. The summed E-state index contributed by atoms with van der Waals surface area (Å²) in [5, 5.41) is 4.11. The van der Waals surface area contributed by atoms with Crippen LogP contribution in [0.25, 0.3) is 32.7 Å². The molecule has 0 aromatic heterocycles. The van der Waals surface area contributed by atoms with Gasteiger partial charge in [0.25, 0.3) is 0 Å². The average Bonchev–Trinajstić information content (AvgIpc) is 3.29. The van der Waals surface area contributed by atoms with Gasteiger partial charge in [-0.25, -0.2) is 0 Å². The van der Waals surface area contributed by atoms with E-state index < -0.39 is 31.4 Å². The molecule has 0 unspecified atom stereocenters. The van der Waals surface area contributed by atoms with Crippen molar-refractivity contribution >= 4 is 52.9 Å². The monoisotopic (exact) mass is 1030 g/mol. The number of hydrogen-bond acceptors (Lipinski definition) is 6. The van der Waals surface area contributed by atoms with Crippen molar-refractivity contribution in [3.8, 4) is 45.6 Å². The van der Waals surface area contributed by atoms with E-state index in [9.17, 15) is 0 Å². The Balaban J connectivity index is 1.33. The molecule has 0 amide bonds.